The Balaban J connectivity index is 1.55. The number of anilines is 1. The number of amides is 1. The molecule has 1 amide bonds. The van der Waals surface area contributed by atoms with Gasteiger partial charge in [-0.25, -0.2) is 9.97 Å². The first-order chi connectivity index (χ1) is 12.5. The third-order valence-corrected chi connectivity index (χ3v) is 4.69. The fourth-order valence-corrected chi connectivity index (χ4v) is 3.44. The van der Waals surface area contributed by atoms with Crippen molar-refractivity contribution in [3.8, 4) is 0 Å². The highest BCUT2D eigenvalue weighted by Crippen LogP contribution is 2.26. The molecule has 0 bridgehead atoms. The normalized spacial score (nSPS) is 17.7. The molecule has 0 radical (unpaired) electrons. The van der Waals surface area contributed by atoms with Gasteiger partial charge in [0, 0.05) is 39.4 Å². The van der Waals surface area contributed by atoms with Crippen LogP contribution in [-0.4, -0.2) is 54.6 Å². The third kappa shape index (κ3) is 3.00. The predicted molar refractivity (Wildman–Crippen MR) is 97.0 cm³/mol. The summed E-state index contributed by atoms with van der Waals surface area (Å²) in [6.45, 7) is 3.50. The molecule has 0 aliphatic carbocycles. The second-order valence-electron chi connectivity index (χ2n) is 6.73. The maximum atomic E-state index is 12.4. The van der Waals surface area contributed by atoms with Gasteiger partial charge in [-0.1, -0.05) is 0 Å². The molecule has 1 atom stereocenters. The molecule has 1 saturated heterocycles. The molecule has 9 nitrogen and oxygen atoms in total. The Bertz CT molecular complexity index is 959. The van der Waals surface area contributed by atoms with Crippen molar-refractivity contribution in [2.45, 2.75) is 25.8 Å². The molecular weight excluding hydrogens is 332 g/mol. The lowest BCUT2D eigenvalue weighted by molar-refractivity contribution is 0.0927. The number of aryl methyl sites for hydroxylation is 3. The lowest BCUT2D eigenvalue weighted by Crippen LogP contribution is -2.48. The number of carbonyl (C=O) groups is 1. The van der Waals surface area contributed by atoms with E-state index in [4.69, 9.17) is 0 Å². The number of aromatic nitrogens is 6. The molecule has 1 unspecified atom stereocenters. The minimum absolute atomic E-state index is 0.0558. The summed E-state index contributed by atoms with van der Waals surface area (Å²) >= 11 is 0. The third-order valence-electron chi connectivity index (χ3n) is 4.69. The van der Waals surface area contributed by atoms with Crippen LogP contribution in [0.5, 0.6) is 0 Å². The van der Waals surface area contributed by atoms with Gasteiger partial charge in [0.15, 0.2) is 5.65 Å². The highest BCUT2D eigenvalue weighted by atomic mass is 16.2. The summed E-state index contributed by atoms with van der Waals surface area (Å²) in [5.41, 5.74) is 1.27. The van der Waals surface area contributed by atoms with Crippen LogP contribution in [0.3, 0.4) is 0 Å². The van der Waals surface area contributed by atoms with E-state index in [1.54, 1.807) is 34.9 Å². The molecule has 26 heavy (non-hydrogen) atoms. The summed E-state index contributed by atoms with van der Waals surface area (Å²) in [6, 6.07) is 1.78. The number of piperidine rings is 1. The van der Waals surface area contributed by atoms with Crippen LogP contribution in [0.25, 0.3) is 11.0 Å². The molecule has 0 saturated carbocycles. The number of rotatable bonds is 3. The second kappa shape index (κ2) is 6.40. The van der Waals surface area contributed by atoms with Crippen molar-refractivity contribution in [3.63, 3.8) is 0 Å². The summed E-state index contributed by atoms with van der Waals surface area (Å²) in [5, 5.41) is 12.5. The molecule has 0 spiro atoms. The Hall–Kier alpha value is -2.97. The first-order valence-electron chi connectivity index (χ1n) is 8.73. The molecule has 1 fully saturated rings. The van der Waals surface area contributed by atoms with Gasteiger partial charge in [0.1, 0.15) is 17.3 Å². The van der Waals surface area contributed by atoms with Gasteiger partial charge in [-0.3, -0.25) is 14.2 Å². The van der Waals surface area contributed by atoms with E-state index in [2.05, 4.69) is 30.4 Å². The Kier molecular flexibility index (Phi) is 4.06. The van der Waals surface area contributed by atoms with Crippen molar-refractivity contribution in [1.29, 1.82) is 0 Å². The van der Waals surface area contributed by atoms with Crippen LogP contribution in [0.15, 0.2) is 18.5 Å². The Morgan fingerprint density at radius 1 is 1.31 bits per heavy atom. The molecule has 3 aromatic heterocycles. The molecule has 3 aromatic rings. The van der Waals surface area contributed by atoms with Crippen molar-refractivity contribution in [1.82, 2.24) is 34.8 Å². The highest BCUT2D eigenvalue weighted by Gasteiger charge is 2.25. The Morgan fingerprint density at radius 2 is 2.15 bits per heavy atom. The minimum Gasteiger partial charge on any atom is -0.354 e. The van der Waals surface area contributed by atoms with Gasteiger partial charge in [0.25, 0.3) is 5.91 Å². The topological polar surface area (TPSA) is 93.8 Å². The highest BCUT2D eigenvalue weighted by molar-refractivity contribution is 5.92. The van der Waals surface area contributed by atoms with Crippen LogP contribution in [0.1, 0.15) is 29.2 Å². The zero-order valence-corrected chi connectivity index (χ0v) is 15.2. The lowest BCUT2D eigenvalue weighted by atomic mass is 10.1. The largest absolute Gasteiger partial charge is 0.354 e. The first-order valence-corrected chi connectivity index (χ1v) is 8.73. The number of nitrogens with one attached hydrogen (secondary N) is 1. The molecular formula is C17H22N8O. The standard InChI is InChI=1S/C17H22N8O/c1-11-19-15-13(9-18-24(15)3)16(20-11)25-7-4-5-12(10-25)21-17(26)14-6-8-23(2)22-14/h6,8-9,12H,4-5,7,10H2,1-3H3,(H,21,26). The van der Waals surface area contributed by atoms with Gasteiger partial charge < -0.3 is 10.2 Å². The monoisotopic (exact) mass is 354 g/mol. The minimum atomic E-state index is -0.136. The van der Waals surface area contributed by atoms with Crippen molar-refractivity contribution >= 4 is 22.8 Å². The molecule has 1 N–H and O–H groups in total. The van der Waals surface area contributed by atoms with E-state index in [1.807, 2.05) is 14.0 Å². The maximum Gasteiger partial charge on any atom is 0.272 e. The van der Waals surface area contributed by atoms with E-state index in [0.29, 0.717) is 12.2 Å². The van der Waals surface area contributed by atoms with Crippen molar-refractivity contribution < 1.29 is 4.79 Å². The molecule has 4 rings (SSSR count). The molecule has 136 valence electrons. The van der Waals surface area contributed by atoms with Crippen LogP contribution < -0.4 is 10.2 Å². The smallest absolute Gasteiger partial charge is 0.272 e. The van der Waals surface area contributed by atoms with E-state index in [1.165, 1.54) is 0 Å². The average Bonchev–Trinajstić information content (AvgIpc) is 3.21. The van der Waals surface area contributed by atoms with Gasteiger partial charge in [-0.2, -0.15) is 10.2 Å². The van der Waals surface area contributed by atoms with Gasteiger partial charge in [-0.15, -0.1) is 0 Å². The Morgan fingerprint density at radius 3 is 2.92 bits per heavy atom. The SMILES string of the molecule is Cc1nc(N2CCCC(NC(=O)c3ccn(C)n3)C2)c2cnn(C)c2n1. The van der Waals surface area contributed by atoms with Crippen LogP contribution in [0.2, 0.25) is 0 Å². The molecule has 4 heterocycles. The summed E-state index contributed by atoms with van der Waals surface area (Å²) in [4.78, 5) is 23.7. The predicted octanol–water partition coefficient (Wildman–Crippen LogP) is 0.804. The van der Waals surface area contributed by atoms with Crippen LogP contribution >= 0.6 is 0 Å². The summed E-state index contributed by atoms with van der Waals surface area (Å²) in [5.74, 6) is 1.47. The number of hydrogen-bond donors (Lipinski definition) is 1. The lowest BCUT2D eigenvalue weighted by Gasteiger charge is -2.34. The van der Waals surface area contributed by atoms with E-state index >= 15 is 0 Å². The van der Waals surface area contributed by atoms with Gasteiger partial charge in [-0.05, 0) is 25.8 Å². The zero-order valence-electron chi connectivity index (χ0n) is 15.2. The second-order valence-corrected chi connectivity index (χ2v) is 6.73. The fraction of sp³-hybridized carbons (Fsp3) is 0.471. The van der Waals surface area contributed by atoms with Gasteiger partial charge in [0.2, 0.25) is 0 Å². The van der Waals surface area contributed by atoms with Gasteiger partial charge >= 0.3 is 0 Å². The van der Waals surface area contributed by atoms with E-state index in [0.717, 1.165) is 42.1 Å². The Labute approximate surface area is 151 Å². The summed E-state index contributed by atoms with van der Waals surface area (Å²) < 4.78 is 3.39. The number of fused-ring (bicyclic) bond motifs is 1. The van der Waals surface area contributed by atoms with E-state index < -0.39 is 0 Å². The van der Waals surface area contributed by atoms with Crippen molar-refractivity contribution in [2.24, 2.45) is 14.1 Å². The first kappa shape index (κ1) is 16.5. The number of carbonyl (C=O) groups excluding carboxylic acids is 1. The van der Waals surface area contributed by atoms with Crippen LogP contribution in [-0.2, 0) is 14.1 Å². The summed E-state index contributed by atoms with van der Waals surface area (Å²) in [7, 11) is 3.68. The van der Waals surface area contributed by atoms with Crippen molar-refractivity contribution in [2.75, 3.05) is 18.0 Å². The molecule has 9 heteroatoms. The summed E-state index contributed by atoms with van der Waals surface area (Å²) in [6.07, 6.45) is 5.50. The quantitative estimate of drug-likeness (QED) is 0.748. The number of nitrogens with zero attached hydrogens (tertiary/aromatic N) is 7. The molecule has 1 aliphatic rings. The molecule has 1 aliphatic heterocycles. The number of hydrogen-bond acceptors (Lipinski definition) is 6. The maximum absolute atomic E-state index is 12.4. The van der Waals surface area contributed by atoms with Crippen LogP contribution in [0, 0.1) is 6.92 Å². The molecule has 0 aromatic carbocycles. The van der Waals surface area contributed by atoms with E-state index in [-0.39, 0.29) is 11.9 Å². The fourth-order valence-electron chi connectivity index (χ4n) is 3.44. The zero-order chi connectivity index (χ0) is 18.3. The van der Waals surface area contributed by atoms with Crippen molar-refractivity contribution in [3.05, 3.63) is 30.0 Å². The van der Waals surface area contributed by atoms with E-state index in [9.17, 15) is 4.79 Å². The van der Waals surface area contributed by atoms with Gasteiger partial charge in [0.05, 0.1) is 11.6 Å². The van der Waals surface area contributed by atoms with Crippen LogP contribution in [0.4, 0.5) is 5.82 Å². The average molecular weight is 354 g/mol.